The summed E-state index contributed by atoms with van der Waals surface area (Å²) in [6.07, 6.45) is -37.6. The van der Waals surface area contributed by atoms with Crippen molar-refractivity contribution in [2.45, 2.75) is 254 Å². The number of aliphatic hydroxyl groups is 12. The number of rotatable bonds is 18. The number of carbonyl (C=O) groups excluding carboxylic acids is 2. The number of carbonyl (C=O) groups is 2. The van der Waals surface area contributed by atoms with Crippen LogP contribution in [0.25, 0.3) is 0 Å². The Balaban J connectivity index is 0.981. The van der Waals surface area contributed by atoms with Gasteiger partial charge in [-0.05, 0) is 85.9 Å². The summed E-state index contributed by atoms with van der Waals surface area (Å²) in [5.41, 5.74) is -0.640. The molecule has 0 aromatic carbocycles. The van der Waals surface area contributed by atoms with Crippen LogP contribution in [0.5, 0.6) is 0 Å². The van der Waals surface area contributed by atoms with E-state index in [9.17, 15) is 83.8 Å². The van der Waals surface area contributed by atoms with Crippen LogP contribution in [0, 0.1) is 39.4 Å². The SMILES string of the molecule is COC1C(O)C(CO)OC(OC2C(O)C(COS(=O)(=O)O)OC(OC3COC(OC4CCC5(C)C6=CCC7(C)C(C(C)=O)C(OC(C)=O)CC7(C)C6CCC5C4(C)C)C(OC4OC(C)C(OC5OC(CO)C(O)C(O)C5O)C(O)C4O)C3O)C2O)C1O. The summed E-state index contributed by atoms with van der Waals surface area (Å²) in [7, 11) is -4.06. The fraction of sp³-hybridized carbons (Fsp3) is 0.929. The maximum atomic E-state index is 13.4. The maximum absolute atomic E-state index is 13.4. The van der Waals surface area contributed by atoms with Gasteiger partial charge >= 0.3 is 16.4 Å². The first-order chi connectivity index (χ1) is 40.7. The lowest BCUT2D eigenvalue weighted by Gasteiger charge is -2.64. The van der Waals surface area contributed by atoms with Crippen molar-refractivity contribution in [1.82, 2.24) is 0 Å². The number of aliphatic hydroxyl groups excluding tert-OH is 12. The molecule has 0 spiro atoms. The Hall–Kier alpha value is -2.17. The summed E-state index contributed by atoms with van der Waals surface area (Å²) in [4.78, 5) is 25.8. The van der Waals surface area contributed by atoms with Gasteiger partial charge in [0.15, 0.2) is 31.5 Å². The molecular formula is C56H90O30S. The normalized spacial score (nSPS) is 50.9. The molecule has 8 fully saturated rings. The van der Waals surface area contributed by atoms with Gasteiger partial charge in [0, 0.05) is 14.0 Å². The van der Waals surface area contributed by atoms with Crippen molar-refractivity contribution in [3.63, 3.8) is 0 Å². The molecule has 32 unspecified atom stereocenters. The molecule has 5 aliphatic heterocycles. The van der Waals surface area contributed by atoms with Crippen LogP contribution in [0.3, 0.4) is 0 Å². The first kappa shape index (κ1) is 69.2. The smallest absolute Gasteiger partial charge is 0.397 e. The number of esters is 1. The van der Waals surface area contributed by atoms with Gasteiger partial charge in [0.1, 0.15) is 122 Å². The van der Waals surface area contributed by atoms with Crippen molar-refractivity contribution in [3.05, 3.63) is 11.6 Å². The van der Waals surface area contributed by atoms with E-state index in [1.54, 1.807) is 6.92 Å². The van der Waals surface area contributed by atoms with Crippen LogP contribution in [0.15, 0.2) is 11.6 Å². The fourth-order valence-electron chi connectivity index (χ4n) is 16.3. The Morgan fingerprint density at radius 1 is 0.609 bits per heavy atom. The van der Waals surface area contributed by atoms with Gasteiger partial charge in [0.2, 0.25) is 0 Å². The van der Waals surface area contributed by atoms with Gasteiger partial charge in [0.05, 0.1) is 44.6 Å². The number of methoxy groups -OCH3 is 1. The van der Waals surface area contributed by atoms with Crippen LogP contribution in [0.2, 0.25) is 0 Å². The number of ketones is 1. The number of allylic oxidation sites excluding steroid dienone is 2. The highest BCUT2D eigenvalue weighted by Crippen LogP contribution is 2.73. The molecule has 4 aliphatic carbocycles. The van der Waals surface area contributed by atoms with Crippen LogP contribution in [-0.2, 0) is 81.0 Å². The Morgan fingerprint density at radius 2 is 1.17 bits per heavy atom. The van der Waals surface area contributed by atoms with E-state index in [0.29, 0.717) is 25.7 Å². The van der Waals surface area contributed by atoms with Crippen molar-refractivity contribution >= 4 is 22.2 Å². The zero-order valence-corrected chi connectivity index (χ0v) is 50.9. The molecule has 5 heterocycles. The number of Topliss-reactive ketones (excluding diaryl/α,β-unsaturated/α-hetero) is 1. The average Bonchev–Trinajstić information content (AvgIpc) is 1.76. The van der Waals surface area contributed by atoms with Gasteiger partial charge in [-0.3, -0.25) is 14.1 Å². The minimum atomic E-state index is -5.20. The molecule has 0 amide bonds. The zero-order valence-electron chi connectivity index (χ0n) is 50.1. The summed E-state index contributed by atoms with van der Waals surface area (Å²) in [6.45, 7) is 11.8. The third-order valence-electron chi connectivity index (χ3n) is 21.1. The Kier molecular flexibility index (Phi) is 20.9. The molecule has 0 aromatic rings. The van der Waals surface area contributed by atoms with Crippen molar-refractivity contribution in [2.24, 2.45) is 39.4 Å². The molecule has 0 radical (unpaired) electrons. The number of fused-ring (bicyclic) bond motifs is 5. The molecule has 5 saturated heterocycles. The molecule has 13 N–H and O–H groups in total. The van der Waals surface area contributed by atoms with Gasteiger partial charge in [-0.15, -0.1) is 0 Å². The summed E-state index contributed by atoms with van der Waals surface area (Å²) in [5.74, 6) is -0.912. The van der Waals surface area contributed by atoms with Crippen molar-refractivity contribution in [2.75, 3.05) is 33.5 Å². The predicted octanol–water partition coefficient (Wildman–Crippen LogP) is -3.65. The summed E-state index contributed by atoms with van der Waals surface area (Å²) in [5, 5.41) is 132. The van der Waals surface area contributed by atoms with E-state index >= 15 is 0 Å². The minimum Gasteiger partial charge on any atom is -0.462 e. The summed E-state index contributed by atoms with van der Waals surface area (Å²) >= 11 is 0. The lowest BCUT2D eigenvalue weighted by Crippen LogP contribution is -2.67. The third-order valence-corrected chi connectivity index (χ3v) is 21.5. The van der Waals surface area contributed by atoms with E-state index in [4.69, 9.17) is 56.8 Å². The second-order valence-corrected chi connectivity index (χ2v) is 27.5. The van der Waals surface area contributed by atoms with E-state index in [0.717, 1.165) is 20.0 Å². The standard InChI is InChI=1S/C56H90O30S/c1-21(59)33-26(78-23(3)60)16-56(8)25-10-11-31-53(4,5)32(13-14-54(31,6)24(25)12-15-55(33,56)7)83-52-47(86-48-41(68)39(66)44(22(2)77-48)84-49-40(67)38(65)34(61)27(17-57)79-49)37(64)29(19-75-52)81-50-43(70)46(36(63)30(82-50)20-76-87(71,72)73)85-51-42(69)45(74-9)35(62)28(18-58)80-51/h12,22,25-52,57-58,61-70H,10-11,13-20H2,1-9H3,(H,71,72,73). The van der Waals surface area contributed by atoms with Crippen molar-refractivity contribution in [3.8, 4) is 0 Å². The van der Waals surface area contributed by atoms with Crippen LogP contribution in [0.4, 0.5) is 0 Å². The van der Waals surface area contributed by atoms with Crippen molar-refractivity contribution < 1.29 is 145 Å². The number of hydrogen-bond donors (Lipinski definition) is 13. The molecular weight excluding hydrogens is 1180 g/mol. The van der Waals surface area contributed by atoms with Crippen LogP contribution in [-0.4, -0.2) is 279 Å². The van der Waals surface area contributed by atoms with E-state index in [2.05, 4.69) is 44.9 Å². The van der Waals surface area contributed by atoms with E-state index in [1.165, 1.54) is 19.4 Å². The Morgan fingerprint density at radius 3 is 1.79 bits per heavy atom. The van der Waals surface area contributed by atoms with Gasteiger partial charge in [-0.25, -0.2) is 4.18 Å². The Bertz CT molecular complexity index is 2540. The molecule has 32 atom stereocenters. The molecule has 31 heteroatoms. The highest BCUT2D eigenvalue weighted by Gasteiger charge is 2.69. The largest absolute Gasteiger partial charge is 0.462 e. The Labute approximate surface area is 503 Å². The van der Waals surface area contributed by atoms with Gasteiger partial charge in [0.25, 0.3) is 0 Å². The molecule has 0 bridgehead atoms. The second kappa shape index (κ2) is 26.3. The molecule has 0 aromatic heterocycles. The molecule has 500 valence electrons. The summed E-state index contributed by atoms with van der Waals surface area (Å²) < 4.78 is 109. The van der Waals surface area contributed by atoms with Crippen LogP contribution >= 0.6 is 0 Å². The quantitative estimate of drug-likeness (QED) is 0.0272. The van der Waals surface area contributed by atoms with Gasteiger partial charge in [-0.1, -0.05) is 46.3 Å². The van der Waals surface area contributed by atoms with Crippen LogP contribution < -0.4 is 0 Å². The highest BCUT2D eigenvalue weighted by atomic mass is 32.3. The zero-order chi connectivity index (χ0) is 63.9. The number of ether oxygens (including phenoxy) is 12. The molecule has 9 aliphatic rings. The van der Waals surface area contributed by atoms with Gasteiger partial charge in [-0.2, -0.15) is 8.42 Å². The topological polar surface area (TPSA) is 451 Å². The van der Waals surface area contributed by atoms with E-state index in [-0.39, 0.29) is 23.0 Å². The monoisotopic (exact) mass is 1270 g/mol. The predicted molar refractivity (Wildman–Crippen MR) is 288 cm³/mol. The first-order valence-corrected chi connectivity index (χ1v) is 31.1. The minimum absolute atomic E-state index is 0.0223. The van der Waals surface area contributed by atoms with Gasteiger partial charge < -0.3 is 118 Å². The first-order valence-electron chi connectivity index (χ1n) is 29.7. The second-order valence-electron chi connectivity index (χ2n) is 26.4. The van der Waals surface area contributed by atoms with E-state index < -0.39 is 225 Å². The molecule has 87 heavy (non-hydrogen) atoms. The van der Waals surface area contributed by atoms with E-state index in [1.807, 2.05) is 0 Å². The van der Waals surface area contributed by atoms with Crippen molar-refractivity contribution in [1.29, 1.82) is 0 Å². The average molecular weight is 1280 g/mol. The van der Waals surface area contributed by atoms with Crippen LogP contribution in [0.1, 0.15) is 93.9 Å². The lowest BCUT2D eigenvalue weighted by molar-refractivity contribution is -0.394. The number of hydrogen-bond acceptors (Lipinski definition) is 29. The molecule has 30 nitrogen and oxygen atoms in total. The summed E-state index contributed by atoms with van der Waals surface area (Å²) in [6, 6.07) is 0. The highest BCUT2D eigenvalue weighted by molar-refractivity contribution is 7.80. The maximum Gasteiger partial charge on any atom is 0.397 e. The lowest BCUT2D eigenvalue weighted by atomic mass is 9.41. The molecule has 9 rings (SSSR count). The third kappa shape index (κ3) is 12.7. The molecule has 3 saturated carbocycles. The fourth-order valence-corrected chi connectivity index (χ4v) is 16.7.